The van der Waals surface area contributed by atoms with Crippen LogP contribution >= 0.6 is 33.2 Å². The molecule has 0 saturated heterocycles. The van der Waals surface area contributed by atoms with E-state index in [0.29, 0.717) is 6.42 Å². The summed E-state index contributed by atoms with van der Waals surface area (Å²) in [5.74, 6) is -0.286. The molecule has 0 radical (unpaired) electrons. The molecule has 0 heterocycles. The predicted molar refractivity (Wildman–Crippen MR) is 96.6 cm³/mol. The van der Waals surface area contributed by atoms with E-state index in [1.54, 1.807) is 0 Å². The number of rotatable bonds is 12. The van der Waals surface area contributed by atoms with Crippen LogP contribution < -0.4 is 0 Å². The Hall–Kier alpha value is 0.517. The van der Waals surface area contributed by atoms with Gasteiger partial charge in [-0.05, 0) is 33.2 Å². The summed E-state index contributed by atoms with van der Waals surface area (Å²) in [6.45, 7) is 5.53. The second-order valence-electron chi connectivity index (χ2n) is 6.59. The quantitative estimate of drug-likeness (QED) is 0.126. The van der Waals surface area contributed by atoms with E-state index in [4.69, 9.17) is 43.0 Å². The van der Waals surface area contributed by atoms with E-state index in [0.717, 1.165) is 38.1 Å². The van der Waals surface area contributed by atoms with E-state index in [-0.39, 0.29) is 5.97 Å². The standard InChI is InChI=1S/C15H29Cl3O3Si/c1-15(2,3)21-20-14(19)12-10-8-6-4-5-7-9-11-13-22(16,17)18/h4-13H2,1-3H3. The molecule has 7 heteroatoms. The predicted octanol–water partition coefficient (Wildman–Crippen LogP) is 6.43. The van der Waals surface area contributed by atoms with Crippen molar-refractivity contribution < 1.29 is 14.6 Å². The van der Waals surface area contributed by atoms with Gasteiger partial charge in [0.1, 0.15) is 5.60 Å². The first-order valence-corrected chi connectivity index (χ1v) is 13.3. The largest absolute Gasteiger partial charge is 0.342 e. The van der Waals surface area contributed by atoms with Gasteiger partial charge in [0.25, 0.3) is 0 Å². The average Bonchev–Trinajstić information content (AvgIpc) is 2.36. The number of carbonyl (C=O) groups excluding carboxylic acids is 1. The van der Waals surface area contributed by atoms with Gasteiger partial charge in [0.05, 0.1) is 0 Å². The lowest BCUT2D eigenvalue weighted by Gasteiger charge is -2.16. The van der Waals surface area contributed by atoms with Gasteiger partial charge in [0.2, 0.25) is 0 Å². The zero-order valence-electron chi connectivity index (χ0n) is 13.9. The van der Waals surface area contributed by atoms with E-state index in [1.165, 1.54) is 19.3 Å². The Morgan fingerprint density at radius 2 is 1.32 bits per heavy atom. The number of hydrogen-bond acceptors (Lipinski definition) is 3. The maximum Gasteiger partial charge on any atom is 0.342 e. The zero-order chi connectivity index (χ0) is 17.1. The van der Waals surface area contributed by atoms with Crippen LogP contribution in [0.15, 0.2) is 0 Å². The highest BCUT2D eigenvalue weighted by Crippen LogP contribution is 2.27. The van der Waals surface area contributed by atoms with Crippen LogP contribution in [-0.2, 0) is 14.6 Å². The molecule has 3 nitrogen and oxygen atoms in total. The van der Waals surface area contributed by atoms with Gasteiger partial charge in [0, 0.05) is 6.42 Å². The molecule has 0 saturated carbocycles. The minimum atomic E-state index is -2.41. The molecule has 0 N–H and O–H groups in total. The monoisotopic (exact) mass is 390 g/mol. The smallest absolute Gasteiger partial charge is 0.298 e. The van der Waals surface area contributed by atoms with Gasteiger partial charge < -0.3 is 0 Å². The van der Waals surface area contributed by atoms with Crippen LogP contribution in [0.3, 0.4) is 0 Å². The first-order valence-electron chi connectivity index (χ1n) is 8.05. The van der Waals surface area contributed by atoms with E-state index in [2.05, 4.69) is 0 Å². The number of unbranched alkanes of at least 4 members (excludes halogenated alkanes) is 7. The Morgan fingerprint density at radius 1 is 0.864 bits per heavy atom. The highest BCUT2D eigenvalue weighted by molar-refractivity contribution is 7.64. The molecule has 0 aliphatic rings. The second-order valence-corrected chi connectivity index (χ2v) is 15.9. The van der Waals surface area contributed by atoms with Gasteiger partial charge in [-0.1, -0.05) is 44.9 Å². The second kappa shape index (κ2) is 12.0. The fourth-order valence-electron chi connectivity index (χ4n) is 1.87. The van der Waals surface area contributed by atoms with Gasteiger partial charge in [-0.15, -0.1) is 33.2 Å². The average molecular weight is 392 g/mol. The van der Waals surface area contributed by atoms with Crippen molar-refractivity contribution >= 4 is 45.2 Å². The van der Waals surface area contributed by atoms with Gasteiger partial charge in [-0.2, -0.15) is 4.89 Å². The molecule has 0 atom stereocenters. The third-order valence-corrected chi connectivity index (χ3v) is 5.60. The molecule has 132 valence electrons. The van der Waals surface area contributed by atoms with Crippen molar-refractivity contribution in [2.24, 2.45) is 0 Å². The summed E-state index contributed by atoms with van der Waals surface area (Å²) in [7, 11) is 0. The Kier molecular flexibility index (Phi) is 12.2. The van der Waals surface area contributed by atoms with Gasteiger partial charge >= 0.3 is 12.0 Å². The summed E-state index contributed by atoms with van der Waals surface area (Å²) in [5, 5.41) is 0. The molecule has 0 unspecified atom stereocenters. The normalized spacial score (nSPS) is 12.5. The van der Waals surface area contributed by atoms with Crippen LogP contribution in [0.25, 0.3) is 0 Å². The molecule has 0 spiro atoms. The molecule has 0 aliphatic heterocycles. The first kappa shape index (κ1) is 22.5. The van der Waals surface area contributed by atoms with E-state index in [9.17, 15) is 4.79 Å². The third kappa shape index (κ3) is 18.6. The minimum absolute atomic E-state index is 0.286. The number of halogens is 3. The highest BCUT2D eigenvalue weighted by Gasteiger charge is 2.23. The SMILES string of the molecule is CC(C)(C)OOC(=O)CCCCCCCCCC[Si](Cl)(Cl)Cl. The molecule has 0 aromatic carbocycles. The van der Waals surface area contributed by atoms with Crippen LogP contribution in [0.4, 0.5) is 0 Å². The summed E-state index contributed by atoms with van der Waals surface area (Å²) in [6, 6.07) is -1.65. The van der Waals surface area contributed by atoms with Crippen LogP contribution in [0, 0.1) is 0 Å². The van der Waals surface area contributed by atoms with Crippen molar-refractivity contribution in [1.82, 2.24) is 0 Å². The Labute approximate surface area is 150 Å². The fourth-order valence-corrected chi connectivity index (χ4v) is 3.72. The van der Waals surface area contributed by atoms with Crippen molar-refractivity contribution in [2.75, 3.05) is 0 Å². The Morgan fingerprint density at radius 3 is 1.77 bits per heavy atom. The van der Waals surface area contributed by atoms with Crippen LogP contribution in [-0.4, -0.2) is 17.6 Å². The Balaban J connectivity index is 3.28. The minimum Gasteiger partial charge on any atom is -0.298 e. The highest BCUT2D eigenvalue weighted by atomic mass is 35.8. The molecule has 0 bridgehead atoms. The molecule has 0 aromatic heterocycles. The van der Waals surface area contributed by atoms with Gasteiger partial charge in [-0.25, -0.2) is 4.79 Å². The topological polar surface area (TPSA) is 35.5 Å². The molecule has 0 amide bonds. The van der Waals surface area contributed by atoms with Crippen molar-refractivity contribution in [3.8, 4) is 0 Å². The van der Waals surface area contributed by atoms with Gasteiger partial charge in [-0.3, -0.25) is 4.89 Å². The van der Waals surface area contributed by atoms with Crippen molar-refractivity contribution in [1.29, 1.82) is 0 Å². The van der Waals surface area contributed by atoms with Gasteiger partial charge in [0.15, 0.2) is 0 Å². The lowest BCUT2D eigenvalue weighted by Crippen LogP contribution is -2.21. The van der Waals surface area contributed by atoms with Crippen LogP contribution in [0.5, 0.6) is 0 Å². The first-order chi connectivity index (χ1) is 10.1. The lowest BCUT2D eigenvalue weighted by atomic mass is 10.1. The number of carbonyl (C=O) groups is 1. The van der Waals surface area contributed by atoms with Crippen molar-refractivity contribution in [3.05, 3.63) is 0 Å². The lowest BCUT2D eigenvalue weighted by molar-refractivity contribution is -0.320. The summed E-state index contributed by atoms with van der Waals surface area (Å²) in [4.78, 5) is 21.1. The van der Waals surface area contributed by atoms with Crippen molar-refractivity contribution in [2.45, 2.75) is 90.2 Å². The summed E-state index contributed by atoms with van der Waals surface area (Å²) >= 11 is 17.5. The van der Waals surface area contributed by atoms with Crippen molar-refractivity contribution in [3.63, 3.8) is 0 Å². The Bertz CT molecular complexity index is 301. The van der Waals surface area contributed by atoms with Crippen LogP contribution in [0.1, 0.15) is 78.6 Å². The summed E-state index contributed by atoms with van der Waals surface area (Å²) < 4.78 is 0. The third-order valence-electron chi connectivity index (χ3n) is 2.98. The van der Waals surface area contributed by atoms with E-state index >= 15 is 0 Å². The molecular formula is C15H29Cl3O3Si. The molecule has 0 fully saturated rings. The molecular weight excluding hydrogens is 363 g/mol. The molecule has 0 aromatic rings. The molecule has 0 aliphatic carbocycles. The fraction of sp³-hybridized carbons (Fsp3) is 0.933. The molecule has 0 rings (SSSR count). The molecule has 22 heavy (non-hydrogen) atoms. The van der Waals surface area contributed by atoms with Crippen LogP contribution in [0.2, 0.25) is 6.04 Å². The van der Waals surface area contributed by atoms with E-state index < -0.39 is 11.6 Å². The zero-order valence-corrected chi connectivity index (χ0v) is 17.2. The maximum atomic E-state index is 11.4. The summed E-state index contributed by atoms with van der Waals surface area (Å²) in [5.41, 5.74) is -0.450. The maximum absolute atomic E-state index is 11.4. The summed E-state index contributed by atoms with van der Waals surface area (Å²) in [6.07, 6.45) is 9.21. The van der Waals surface area contributed by atoms with E-state index in [1.807, 2.05) is 20.8 Å². The number of hydrogen-bond donors (Lipinski definition) is 0.